The van der Waals surface area contributed by atoms with Crippen LogP contribution in [-0.2, 0) is 0 Å². The third kappa shape index (κ3) is 3.47. The first kappa shape index (κ1) is 15.0. The van der Waals surface area contributed by atoms with E-state index in [1.807, 2.05) is 0 Å². The van der Waals surface area contributed by atoms with E-state index in [1.54, 1.807) is 0 Å². The maximum absolute atomic E-state index is 6.40. The van der Waals surface area contributed by atoms with Crippen LogP contribution in [0.2, 0.25) is 0 Å². The summed E-state index contributed by atoms with van der Waals surface area (Å²) in [5, 5.41) is 0. The van der Waals surface area contributed by atoms with Crippen molar-refractivity contribution >= 4 is 0 Å². The number of fused-ring (bicyclic) bond motifs is 1. The van der Waals surface area contributed by atoms with E-state index in [0.29, 0.717) is 6.04 Å². The van der Waals surface area contributed by atoms with Crippen LogP contribution in [0, 0.1) is 6.92 Å². The van der Waals surface area contributed by atoms with E-state index in [-0.39, 0.29) is 6.04 Å². The lowest BCUT2D eigenvalue weighted by molar-refractivity contribution is 0.0575. The first-order chi connectivity index (χ1) is 10.1. The summed E-state index contributed by atoms with van der Waals surface area (Å²) in [5.74, 6) is 0. The molecule has 116 valence electrons. The highest BCUT2D eigenvalue weighted by Crippen LogP contribution is 2.25. The highest BCUT2D eigenvalue weighted by atomic mass is 15.3. The summed E-state index contributed by atoms with van der Waals surface area (Å²) < 4.78 is 0. The number of aryl methyl sites for hydroxylation is 1. The third-order valence-electron chi connectivity index (χ3n) is 5.26. The maximum atomic E-state index is 6.40. The van der Waals surface area contributed by atoms with Crippen LogP contribution >= 0.6 is 0 Å². The van der Waals surface area contributed by atoms with Crippen LogP contribution in [0.1, 0.15) is 43.4 Å². The Balaban J connectivity index is 1.54. The molecule has 1 aromatic carbocycles. The molecular formula is C18H29N3. The van der Waals surface area contributed by atoms with Gasteiger partial charge in [0.25, 0.3) is 0 Å². The number of hydrogen-bond donors (Lipinski definition) is 1. The summed E-state index contributed by atoms with van der Waals surface area (Å²) >= 11 is 0. The second kappa shape index (κ2) is 6.47. The van der Waals surface area contributed by atoms with Crippen LogP contribution in [0.3, 0.4) is 0 Å². The molecule has 2 aliphatic heterocycles. The van der Waals surface area contributed by atoms with Gasteiger partial charge in [0.1, 0.15) is 0 Å². The van der Waals surface area contributed by atoms with Crippen molar-refractivity contribution in [1.29, 1.82) is 0 Å². The molecule has 3 rings (SSSR count). The van der Waals surface area contributed by atoms with Gasteiger partial charge >= 0.3 is 0 Å². The average molecular weight is 287 g/mol. The van der Waals surface area contributed by atoms with Crippen LogP contribution in [-0.4, -0.2) is 48.1 Å². The van der Waals surface area contributed by atoms with Gasteiger partial charge in [0.2, 0.25) is 0 Å². The van der Waals surface area contributed by atoms with Crippen LogP contribution in [0.4, 0.5) is 0 Å². The van der Waals surface area contributed by atoms with Crippen molar-refractivity contribution in [2.24, 2.45) is 5.73 Å². The minimum Gasteiger partial charge on any atom is -0.324 e. The fourth-order valence-electron chi connectivity index (χ4n) is 3.93. The normalized spacial score (nSPS) is 28.5. The number of nitrogens with zero attached hydrogens (tertiary/aromatic N) is 2. The molecule has 3 atom stereocenters. The molecule has 2 aliphatic rings. The Morgan fingerprint density at radius 3 is 3.00 bits per heavy atom. The zero-order valence-corrected chi connectivity index (χ0v) is 13.5. The molecule has 0 bridgehead atoms. The SMILES string of the molecule is Cc1cccc(C(N)CCN2CC3CCCN3CC2C)c1. The molecule has 3 unspecified atom stereocenters. The number of benzene rings is 1. The van der Waals surface area contributed by atoms with E-state index in [9.17, 15) is 0 Å². The van der Waals surface area contributed by atoms with Crippen LogP contribution in [0.15, 0.2) is 24.3 Å². The zero-order valence-electron chi connectivity index (χ0n) is 13.5. The Morgan fingerprint density at radius 2 is 2.19 bits per heavy atom. The van der Waals surface area contributed by atoms with Crippen molar-refractivity contribution in [3.63, 3.8) is 0 Å². The molecule has 0 radical (unpaired) electrons. The molecule has 1 aromatic rings. The third-order valence-corrected chi connectivity index (χ3v) is 5.26. The van der Waals surface area contributed by atoms with E-state index >= 15 is 0 Å². The van der Waals surface area contributed by atoms with E-state index in [1.165, 1.54) is 43.6 Å². The summed E-state index contributed by atoms with van der Waals surface area (Å²) in [6, 6.07) is 10.3. The average Bonchev–Trinajstić information content (AvgIpc) is 2.91. The molecule has 0 spiro atoms. The summed E-state index contributed by atoms with van der Waals surface area (Å²) in [6.07, 6.45) is 3.82. The fraction of sp³-hybridized carbons (Fsp3) is 0.667. The lowest BCUT2D eigenvalue weighted by Gasteiger charge is -2.42. The van der Waals surface area contributed by atoms with Crippen molar-refractivity contribution < 1.29 is 0 Å². The van der Waals surface area contributed by atoms with Gasteiger partial charge in [-0.25, -0.2) is 0 Å². The van der Waals surface area contributed by atoms with E-state index in [2.05, 4.69) is 47.9 Å². The second-order valence-electron chi connectivity index (χ2n) is 6.94. The lowest BCUT2D eigenvalue weighted by atomic mass is 10.0. The molecule has 0 aromatic heterocycles. The van der Waals surface area contributed by atoms with Crippen LogP contribution < -0.4 is 5.73 Å². The Hall–Kier alpha value is -0.900. The fourth-order valence-corrected chi connectivity index (χ4v) is 3.93. The van der Waals surface area contributed by atoms with Gasteiger partial charge in [0.15, 0.2) is 0 Å². The van der Waals surface area contributed by atoms with Gasteiger partial charge in [-0.2, -0.15) is 0 Å². The predicted octanol–water partition coefficient (Wildman–Crippen LogP) is 2.55. The molecule has 2 N–H and O–H groups in total. The first-order valence-corrected chi connectivity index (χ1v) is 8.44. The van der Waals surface area contributed by atoms with Gasteiger partial charge in [-0.3, -0.25) is 9.80 Å². The number of piperazine rings is 1. The number of hydrogen-bond acceptors (Lipinski definition) is 3. The molecule has 3 heteroatoms. The Bertz CT molecular complexity index is 473. The molecule has 3 nitrogen and oxygen atoms in total. The van der Waals surface area contributed by atoms with Gasteiger partial charge in [0.05, 0.1) is 0 Å². The summed E-state index contributed by atoms with van der Waals surface area (Å²) in [5.41, 5.74) is 8.98. The molecular weight excluding hydrogens is 258 g/mol. The van der Waals surface area contributed by atoms with E-state index < -0.39 is 0 Å². The van der Waals surface area contributed by atoms with Gasteiger partial charge in [-0.1, -0.05) is 29.8 Å². The lowest BCUT2D eigenvalue weighted by Crippen LogP contribution is -2.55. The second-order valence-corrected chi connectivity index (χ2v) is 6.94. The zero-order chi connectivity index (χ0) is 14.8. The van der Waals surface area contributed by atoms with Gasteiger partial charge in [-0.15, -0.1) is 0 Å². The number of rotatable bonds is 4. The van der Waals surface area contributed by atoms with Gasteiger partial charge in [-0.05, 0) is 45.2 Å². The van der Waals surface area contributed by atoms with E-state index in [0.717, 1.165) is 19.0 Å². The summed E-state index contributed by atoms with van der Waals surface area (Å²) in [7, 11) is 0. The highest BCUT2D eigenvalue weighted by molar-refractivity contribution is 5.24. The quantitative estimate of drug-likeness (QED) is 0.924. The molecule has 0 aliphatic carbocycles. The predicted molar refractivity (Wildman–Crippen MR) is 88.4 cm³/mol. The molecule has 2 saturated heterocycles. The molecule has 2 fully saturated rings. The summed E-state index contributed by atoms with van der Waals surface area (Å²) in [4.78, 5) is 5.34. The van der Waals surface area contributed by atoms with Crippen molar-refractivity contribution in [3.05, 3.63) is 35.4 Å². The molecule has 2 heterocycles. The minimum atomic E-state index is 0.165. The topological polar surface area (TPSA) is 32.5 Å². The highest BCUT2D eigenvalue weighted by Gasteiger charge is 2.34. The largest absolute Gasteiger partial charge is 0.324 e. The van der Waals surface area contributed by atoms with Crippen molar-refractivity contribution in [3.8, 4) is 0 Å². The van der Waals surface area contributed by atoms with Gasteiger partial charge in [0, 0.05) is 37.8 Å². The van der Waals surface area contributed by atoms with Crippen molar-refractivity contribution in [2.75, 3.05) is 26.2 Å². The van der Waals surface area contributed by atoms with Crippen LogP contribution in [0.25, 0.3) is 0 Å². The van der Waals surface area contributed by atoms with Crippen LogP contribution in [0.5, 0.6) is 0 Å². The minimum absolute atomic E-state index is 0.165. The molecule has 21 heavy (non-hydrogen) atoms. The van der Waals surface area contributed by atoms with Gasteiger partial charge < -0.3 is 5.73 Å². The van der Waals surface area contributed by atoms with E-state index in [4.69, 9.17) is 5.73 Å². The Kier molecular flexibility index (Phi) is 4.63. The molecule has 0 amide bonds. The smallest absolute Gasteiger partial charge is 0.0307 e. The molecule has 0 saturated carbocycles. The Labute approximate surface area is 129 Å². The standard InChI is InChI=1S/C18H29N3/c1-14-5-3-6-16(11-14)18(19)8-10-20-13-17-7-4-9-21(17)12-15(20)2/h3,5-6,11,15,17-18H,4,7-10,12-13,19H2,1-2H3. The monoisotopic (exact) mass is 287 g/mol. The summed E-state index contributed by atoms with van der Waals surface area (Å²) in [6.45, 7) is 9.42. The maximum Gasteiger partial charge on any atom is 0.0307 e. The van der Waals surface area contributed by atoms with Crippen molar-refractivity contribution in [2.45, 2.75) is 51.2 Å². The van der Waals surface area contributed by atoms with Crippen molar-refractivity contribution in [1.82, 2.24) is 9.80 Å². The Morgan fingerprint density at radius 1 is 1.33 bits per heavy atom. The first-order valence-electron chi connectivity index (χ1n) is 8.44. The number of nitrogens with two attached hydrogens (primary N) is 1.